The molecule has 2 aliphatic carbocycles. The molecule has 0 aromatic heterocycles. The fourth-order valence-electron chi connectivity index (χ4n) is 5.17. The first-order chi connectivity index (χ1) is 11.0. The molecule has 4 rings (SSSR count). The molecule has 0 saturated heterocycles. The number of aromatic hydroxyl groups is 1. The summed E-state index contributed by atoms with van der Waals surface area (Å²) in [5, 5.41) is 25.0. The van der Waals surface area contributed by atoms with Crippen LogP contribution < -0.4 is 10.1 Å². The average molecular weight is 317 g/mol. The summed E-state index contributed by atoms with van der Waals surface area (Å²) in [5.74, 6) is 0.541. The van der Waals surface area contributed by atoms with E-state index >= 15 is 0 Å². The second kappa shape index (κ2) is 4.71. The first-order valence-electron chi connectivity index (χ1n) is 8.37. The first kappa shape index (κ1) is 15.0. The van der Waals surface area contributed by atoms with E-state index in [4.69, 9.17) is 4.74 Å². The Morgan fingerprint density at radius 3 is 2.96 bits per heavy atom. The molecule has 1 aromatic carbocycles. The van der Waals surface area contributed by atoms with Crippen LogP contribution in [-0.4, -0.2) is 41.3 Å². The maximum absolute atomic E-state index is 12.6. The number of Topliss-reactive ketones (excluding diaryl/α,β-unsaturated/α-hetero) is 1. The number of benzene rings is 1. The van der Waals surface area contributed by atoms with Crippen LogP contribution in [0.4, 0.5) is 0 Å². The number of rotatable bonds is 3. The molecular formula is C18H23NO4. The normalized spacial score (nSPS) is 37.4. The Hall–Kier alpha value is -1.59. The maximum atomic E-state index is 12.6. The van der Waals surface area contributed by atoms with Crippen molar-refractivity contribution in [3.05, 3.63) is 23.3 Å². The quantitative estimate of drug-likeness (QED) is 0.783. The van der Waals surface area contributed by atoms with Crippen molar-refractivity contribution in [3.8, 4) is 11.5 Å². The van der Waals surface area contributed by atoms with Crippen LogP contribution in [0.3, 0.4) is 0 Å². The van der Waals surface area contributed by atoms with Crippen LogP contribution in [0.2, 0.25) is 0 Å². The standard InChI is InChI=1S/C18H23NO4/c1-10-9-11-3-4-12(20)15-14(11)17(7-8-19-2)16(23-15)13(21)5-6-18(10,17)22/h3-4,10,16,19-20,22H,5-9H2,1-2H3/t10-,16+,17+,18-/m1/s1. The summed E-state index contributed by atoms with van der Waals surface area (Å²) in [7, 11) is 1.87. The number of ketones is 1. The molecule has 4 atom stereocenters. The van der Waals surface area contributed by atoms with E-state index in [1.165, 1.54) is 0 Å². The van der Waals surface area contributed by atoms with Crippen molar-refractivity contribution in [3.63, 3.8) is 0 Å². The Morgan fingerprint density at radius 1 is 1.43 bits per heavy atom. The maximum Gasteiger partial charge on any atom is 0.174 e. The third-order valence-corrected chi connectivity index (χ3v) is 6.28. The van der Waals surface area contributed by atoms with Gasteiger partial charge in [0, 0.05) is 12.0 Å². The van der Waals surface area contributed by atoms with Crippen LogP contribution in [-0.2, 0) is 16.6 Å². The van der Waals surface area contributed by atoms with Gasteiger partial charge in [0.15, 0.2) is 23.4 Å². The molecule has 1 aliphatic heterocycles. The zero-order valence-electron chi connectivity index (χ0n) is 13.6. The predicted octanol–water partition coefficient (Wildman–Crippen LogP) is 1.29. The van der Waals surface area contributed by atoms with Crippen molar-refractivity contribution in [2.24, 2.45) is 5.92 Å². The highest BCUT2D eigenvalue weighted by Gasteiger charge is 2.69. The predicted molar refractivity (Wildman–Crippen MR) is 84.8 cm³/mol. The van der Waals surface area contributed by atoms with Crippen molar-refractivity contribution in [2.75, 3.05) is 13.6 Å². The van der Waals surface area contributed by atoms with E-state index in [1.807, 2.05) is 13.1 Å². The fraction of sp³-hybridized carbons (Fsp3) is 0.611. The van der Waals surface area contributed by atoms with Crippen LogP contribution in [0.5, 0.6) is 11.5 Å². The van der Waals surface area contributed by atoms with Gasteiger partial charge in [0.25, 0.3) is 0 Å². The first-order valence-corrected chi connectivity index (χ1v) is 8.37. The molecule has 23 heavy (non-hydrogen) atoms. The Bertz CT molecular complexity index is 688. The van der Waals surface area contributed by atoms with E-state index in [0.717, 1.165) is 17.5 Å². The van der Waals surface area contributed by atoms with Crippen LogP contribution in [0.25, 0.3) is 0 Å². The van der Waals surface area contributed by atoms with Crippen molar-refractivity contribution in [1.29, 1.82) is 0 Å². The number of phenolic OH excluding ortho intramolecular Hbond substituents is 1. The van der Waals surface area contributed by atoms with Gasteiger partial charge in [0.1, 0.15) is 0 Å². The summed E-state index contributed by atoms with van der Waals surface area (Å²) in [5.41, 5.74) is 0.218. The SMILES string of the molecule is CNCC[C@]12c3c4ccc(O)c3O[C@H]1C(=O)CC[C@@]2(O)[C@H](C)C4. The monoisotopic (exact) mass is 317 g/mol. The number of carbonyl (C=O) groups excluding carboxylic acids is 1. The van der Waals surface area contributed by atoms with Gasteiger partial charge in [-0.25, -0.2) is 0 Å². The van der Waals surface area contributed by atoms with Gasteiger partial charge < -0.3 is 20.3 Å². The highest BCUT2D eigenvalue weighted by Crippen LogP contribution is 2.63. The van der Waals surface area contributed by atoms with E-state index in [9.17, 15) is 15.0 Å². The van der Waals surface area contributed by atoms with Gasteiger partial charge in [-0.05, 0) is 50.4 Å². The fourth-order valence-corrected chi connectivity index (χ4v) is 5.17. The van der Waals surface area contributed by atoms with Gasteiger partial charge in [-0.1, -0.05) is 13.0 Å². The number of carbonyl (C=O) groups is 1. The number of aliphatic hydroxyl groups is 1. The summed E-state index contributed by atoms with van der Waals surface area (Å²) in [6.45, 7) is 2.73. The molecule has 0 amide bonds. The molecule has 1 aromatic rings. The minimum Gasteiger partial charge on any atom is -0.504 e. The minimum atomic E-state index is -0.978. The molecule has 0 bridgehead atoms. The van der Waals surface area contributed by atoms with Gasteiger partial charge in [0.05, 0.1) is 11.0 Å². The lowest BCUT2D eigenvalue weighted by Crippen LogP contribution is -2.68. The molecule has 0 radical (unpaired) electrons. The number of hydrogen-bond donors (Lipinski definition) is 3. The number of phenols is 1. The third-order valence-electron chi connectivity index (χ3n) is 6.28. The molecule has 1 saturated carbocycles. The molecule has 3 aliphatic rings. The van der Waals surface area contributed by atoms with Crippen molar-refractivity contribution >= 4 is 5.78 Å². The molecule has 5 nitrogen and oxygen atoms in total. The zero-order chi connectivity index (χ0) is 16.4. The average Bonchev–Trinajstić information content (AvgIpc) is 2.90. The van der Waals surface area contributed by atoms with Crippen molar-refractivity contribution in [2.45, 2.75) is 49.7 Å². The summed E-state index contributed by atoms with van der Waals surface area (Å²) in [6.07, 6.45) is 1.45. The smallest absolute Gasteiger partial charge is 0.174 e. The Kier molecular flexibility index (Phi) is 3.06. The van der Waals surface area contributed by atoms with Crippen molar-refractivity contribution in [1.82, 2.24) is 5.32 Å². The molecule has 0 unspecified atom stereocenters. The Balaban J connectivity index is 2.02. The Morgan fingerprint density at radius 2 is 2.22 bits per heavy atom. The third kappa shape index (κ3) is 1.62. The lowest BCUT2D eigenvalue weighted by Gasteiger charge is -2.56. The van der Waals surface area contributed by atoms with Crippen LogP contribution >= 0.6 is 0 Å². The molecule has 124 valence electrons. The summed E-state index contributed by atoms with van der Waals surface area (Å²) in [6, 6.07) is 3.55. The second-order valence-electron chi connectivity index (χ2n) is 7.27. The number of hydrogen-bond acceptors (Lipinski definition) is 5. The highest BCUT2D eigenvalue weighted by atomic mass is 16.5. The molecule has 1 heterocycles. The van der Waals surface area contributed by atoms with E-state index < -0.39 is 17.1 Å². The second-order valence-corrected chi connectivity index (χ2v) is 7.27. The van der Waals surface area contributed by atoms with Gasteiger partial charge in [0.2, 0.25) is 0 Å². The Labute approximate surface area is 135 Å². The summed E-state index contributed by atoms with van der Waals surface area (Å²) < 4.78 is 5.97. The van der Waals surface area contributed by atoms with Crippen LogP contribution in [0.15, 0.2) is 12.1 Å². The molecule has 5 heteroatoms. The zero-order valence-corrected chi connectivity index (χ0v) is 13.6. The lowest BCUT2D eigenvalue weighted by molar-refractivity contribution is -0.164. The van der Waals surface area contributed by atoms with E-state index in [1.54, 1.807) is 6.07 Å². The minimum absolute atomic E-state index is 0.0291. The largest absolute Gasteiger partial charge is 0.504 e. The number of nitrogens with one attached hydrogen (secondary N) is 1. The van der Waals surface area contributed by atoms with Crippen LogP contribution in [0, 0.1) is 5.92 Å². The van der Waals surface area contributed by atoms with Gasteiger partial charge >= 0.3 is 0 Å². The summed E-state index contributed by atoms with van der Waals surface area (Å²) in [4.78, 5) is 12.6. The molecule has 0 spiro atoms. The topological polar surface area (TPSA) is 78.8 Å². The van der Waals surface area contributed by atoms with Gasteiger partial charge in [-0.15, -0.1) is 0 Å². The highest BCUT2D eigenvalue weighted by molar-refractivity contribution is 5.89. The van der Waals surface area contributed by atoms with E-state index in [2.05, 4.69) is 12.2 Å². The number of ether oxygens (including phenoxy) is 1. The lowest BCUT2D eigenvalue weighted by atomic mass is 9.49. The van der Waals surface area contributed by atoms with Gasteiger partial charge in [-0.2, -0.15) is 0 Å². The van der Waals surface area contributed by atoms with Crippen molar-refractivity contribution < 1.29 is 19.7 Å². The summed E-state index contributed by atoms with van der Waals surface area (Å²) >= 11 is 0. The molecule has 1 fully saturated rings. The van der Waals surface area contributed by atoms with E-state index in [0.29, 0.717) is 31.6 Å². The molecule has 3 N–H and O–H groups in total. The van der Waals surface area contributed by atoms with Gasteiger partial charge in [-0.3, -0.25) is 4.79 Å². The van der Waals surface area contributed by atoms with Crippen LogP contribution in [0.1, 0.15) is 37.3 Å². The molecular weight excluding hydrogens is 294 g/mol. The van der Waals surface area contributed by atoms with E-state index in [-0.39, 0.29) is 17.5 Å².